The fourth-order valence-electron chi connectivity index (χ4n) is 2.14. The van der Waals surface area contributed by atoms with Gasteiger partial charge in [-0.15, -0.1) is 0 Å². The van der Waals surface area contributed by atoms with Crippen molar-refractivity contribution in [2.75, 3.05) is 6.61 Å². The molecule has 0 radical (unpaired) electrons. The highest BCUT2D eigenvalue weighted by Crippen LogP contribution is 2.24. The van der Waals surface area contributed by atoms with Crippen molar-refractivity contribution in [3.05, 3.63) is 18.5 Å². The van der Waals surface area contributed by atoms with Gasteiger partial charge >= 0.3 is 0 Å². The highest BCUT2D eigenvalue weighted by Gasteiger charge is 2.31. The fraction of sp³-hybridized carbons (Fsp3) is 0.769. The van der Waals surface area contributed by atoms with Gasteiger partial charge in [0.2, 0.25) is 0 Å². The van der Waals surface area contributed by atoms with Gasteiger partial charge in [-0.3, -0.25) is 4.68 Å². The third-order valence-corrected chi connectivity index (χ3v) is 3.40. The molecule has 1 aromatic heterocycles. The molecule has 0 amide bonds. The Kier molecular flexibility index (Phi) is 4.18. The lowest BCUT2D eigenvalue weighted by atomic mass is 9.95. The standard InChI is InChI=1S/C13H23N3O/c1-13(11-17,15-12-5-6-12)7-2-3-9-16-10-4-8-14-16/h4,8,10,12,15,17H,2-3,5-7,9,11H2,1H3. The summed E-state index contributed by atoms with van der Waals surface area (Å²) >= 11 is 0. The number of nitrogens with one attached hydrogen (secondary N) is 1. The van der Waals surface area contributed by atoms with E-state index < -0.39 is 0 Å². The monoisotopic (exact) mass is 237 g/mol. The van der Waals surface area contributed by atoms with Crippen molar-refractivity contribution < 1.29 is 5.11 Å². The van der Waals surface area contributed by atoms with Crippen molar-refractivity contribution >= 4 is 0 Å². The predicted molar refractivity (Wildman–Crippen MR) is 67.7 cm³/mol. The minimum atomic E-state index is -0.0920. The molecule has 1 atom stereocenters. The number of nitrogens with zero attached hydrogens (tertiary/aromatic N) is 2. The Hall–Kier alpha value is -0.870. The van der Waals surface area contributed by atoms with Crippen LogP contribution in [0.1, 0.15) is 39.0 Å². The van der Waals surface area contributed by atoms with Crippen molar-refractivity contribution in [1.82, 2.24) is 15.1 Å². The van der Waals surface area contributed by atoms with E-state index in [9.17, 15) is 5.11 Å². The van der Waals surface area contributed by atoms with E-state index in [-0.39, 0.29) is 12.1 Å². The molecule has 0 aromatic carbocycles. The van der Waals surface area contributed by atoms with Crippen molar-refractivity contribution in [3.63, 3.8) is 0 Å². The van der Waals surface area contributed by atoms with Crippen LogP contribution in [0.4, 0.5) is 0 Å². The van der Waals surface area contributed by atoms with E-state index in [1.54, 1.807) is 0 Å². The molecule has 4 nitrogen and oxygen atoms in total. The van der Waals surface area contributed by atoms with E-state index in [4.69, 9.17) is 0 Å². The van der Waals surface area contributed by atoms with Crippen LogP contribution < -0.4 is 5.32 Å². The first kappa shape index (κ1) is 12.6. The largest absolute Gasteiger partial charge is 0.394 e. The van der Waals surface area contributed by atoms with Crippen molar-refractivity contribution in [2.24, 2.45) is 0 Å². The van der Waals surface area contributed by atoms with E-state index in [2.05, 4.69) is 17.3 Å². The number of unbranched alkanes of at least 4 members (excludes halogenated alkanes) is 1. The molecule has 4 heteroatoms. The molecule has 1 unspecified atom stereocenters. The Morgan fingerprint density at radius 2 is 2.29 bits per heavy atom. The molecule has 1 aliphatic carbocycles. The van der Waals surface area contributed by atoms with Gasteiger partial charge in [0.25, 0.3) is 0 Å². The fourth-order valence-corrected chi connectivity index (χ4v) is 2.14. The Morgan fingerprint density at radius 3 is 2.88 bits per heavy atom. The number of hydrogen-bond donors (Lipinski definition) is 2. The van der Waals surface area contributed by atoms with Gasteiger partial charge < -0.3 is 10.4 Å². The third-order valence-electron chi connectivity index (χ3n) is 3.40. The van der Waals surface area contributed by atoms with Crippen molar-refractivity contribution in [1.29, 1.82) is 0 Å². The lowest BCUT2D eigenvalue weighted by molar-refractivity contribution is 0.160. The summed E-state index contributed by atoms with van der Waals surface area (Å²) in [6.07, 6.45) is 9.60. The van der Waals surface area contributed by atoms with Crippen molar-refractivity contribution in [3.8, 4) is 0 Å². The summed E-state index contributed by atoms with van der Waals surface area (Å²) in [6, 6.07) is 2.60. The Labute approximate surface area is 103 Å². The summed E-state index contributed by atoms with van der Waals surface area (Å²) in [5, 5.41) is 17.2. The first-order chi connectivity index (χ1) is 8.22. The van der Waals surface area contributed by atoms with Crippen LogP contribution in [0.2, 0.25) is 0 Å². The Bertz CT molecular complexity index is 321. The van der Waals surface area contributed by atoms with Crippen molar-refractivity contribution in [2.45, 2.75) is 57.2 Å². The number of rotatable bonds is 8. The summed E-state index contributed by atoms with van der Waals surface area (Å²) in [5.74, 6) is 0. The van der Waals surface area contributed by atoms with Crippen LogP contribution in [-0.2, 0) is 6.54 Å². The minimum absolute atomic E-state index is 0.0920. The highest BCUT2D eigenvalue weighted by atomic mass is 16.3. The average molecular weight is 237 g/mol. The highest BCUT2D eigenvalue weighted by molar-refractivity contribution is 4.92. The summed E-state index contributed by atoms with van der Waals surface area (Å²) in [4.78, 5) is 0. The second kappa shape index (κ2) is 5.65. The van der Waals surface area contributed by atoms with Gasteiger partial charge in [0.05, 0.1) is 6.61 Å². The van der Waals surface area contributed by atoms with Gasteiger partial charge in [0, 0.05) is 30.5 Å². The molecule has 0 bridgehead atoms. The second-order valence-corrected chi connectivity index (χ2v) is 5.36. The zero-order chi connectivity index (χ0) is 12.1. The maximum Gasteiger partial charge on any atom is 0.0610 e. The molecule has 1 aromatic rings. The molecule has 2 N–H and O–H groups in total. The molecule has 1 aliphatic rings. The zero-order valence-electron chi connectivity index (χ0n) is 10.6. The van der Waals surface area contributed by atoms with Gasteiger partial charge in [-0.1, -0.05) is 0 Å². The molecule has 17 heavy (non-hydrogen) atoms. The molecule has 1 fully saturated rings. The summed E-state index contributed by atoms with van der Waals surface area (Å²) in [6.45, 7) is 3.32. The number of aliphatic hydroxyl groups excluding tert-OH is 1. The van der Waals surface area contributed by atoms with Gasteiger partial charge in [-0.05, 0) is 45.1 Å². The molecular formula is C13H23N3O. The summed E-state index contributed by atoms with van der Waals surface area (Å²) in [5.41, 5.74) is -0.0920. The van der Waals surface area contributed by atoms with Gasteiger partial charge in [-0.25, -0.2) is 0 Å². The van der Waals surface area contributed by atoms with Crippen LogP contribution in [0.3, 0.4) is 0 Å². The Morgan fingerprint density at radius 1 is 1.47 bits per heavy atom. The number of hydrogen-bond acceptors (Lipinski definition) is 3. The number of aromatic nitrogens is 2. The Balaban J connectivity index is 1.65. The third kappa shape index (κ3) is 4.13. The quantitative estimate of drug-likeness (QED) is 0.675. The molecule has 0 spiro atoms. The van der Waals surface area contributed by atoms with E-state index >= 15 is 0 Å². The van der Waals surface area contributed by atoms with Crippen LogP contribution in [-0.4, -0.2) is 33.1 Å². The second-order valence-electron chi connectivity index (χ2n) is 5.36. The van der Waals surface area contributed by atoms with Crippen LogP contribution in [0.15, 0.2) is 18.5 Å². The number of aryl methyl sites for hydroxylation is 1. The molecule has 0 aliphatic heterocycles. The van der Waals surface area contributed by atoms with E-state index in [0.717, 1.165) is 25.8 Å². The van der Waals surface area contributed by atoms with Crippen LogP contribution in [0.25, 0.3) is 0 Å². The van der Waals surface area contributed by atoms with Gasteiger partial charge in [0.1, 0.15) is 0 Å². The first-order valence-corrected chi connectivity index (χ1v) is 6.58. The van der Waals surface area contributed by atoms with Crippen LogP contribution in [0, 0.1) is 0 Å². The first-order valence-electron chi connectivity index (χ1n) is 6.58. The average Bonchev–Trinajstić information content (AvgIpc) is 2.97. The van der Waals surface area contributed by atoms with E-state index in [0.29, 0.717) is 6.04 Å². The molecule has 1 saturated carbocycles. The maximum atomic E-state index is 9.47. The van der Waals surface area contributed by atoms with Crippen LogP contribution in [0.5, 0.6) is 0 Å². The minimum Gasteiger partial charge on any atom is -0.394 e. The summed E-state index contributed by atoms with van der Waals surface area (Å²) < 4.78 is 1.96. The smallest absolute Gasteiger partial charge is 0.0610 e. The van der Waals surface area contributed by atoms with Gasteiger partial charge in [0.15, 0.2) is 0 Å². The zero-order valence-corrected chi connectivity index (χ0v) is 10.6. The lowest BCUT2D eigenvalue weighted by Gasteiger charge is -2.29. The molecule has 96 valence electrons. The topological polar surface area (TPSA) is 50.1 Å². The molecule has 2 rings (SSSR count). The number of aliphatic hydroxyl groups is 1. The van der Waals surface area contributed by atoms with Gasteiger partial charge in [-0.2, -0.15) is 5.10 Å². The predicted octanol–water partition coefficient (Wildman–Crippen LogP) is 1.56. The SMILES string of the molecule is CC(CO)(CCCCn1cccn1)NC1CC1. The van der Waals surface area contributed by atoms with E-state index in [1.807, 2.05) is 23.1 Å². The van der Waals surface area contributed by atoms with Crippen LogP contribution >= 0.6 is 0 Å². The maximum absolute atomic E-state index is 9.47. The molecule has 0 saturated heterocycles. The van der Waals surface area contributed by atoms with E-state index in [1.165, 1.54) is 12.8 Å². The lowest BCUT2D eigenvalue weighted by Crippen LogP contribution is -2.46. The molecule has 1 heterocycles. The summed E-state index contributed by atoms with van der Waals surface area (Å²) in [7, 11) is 0. The normalized spacial score (nSPS) is 19.2. The molecular weight excluding hydrogens is 214 g/mol.